The maximum atomic E-state index is 14.0. The number of nitrogens with zero attached hydrogens (tertiary/aromatic N) is 1. The molecule has 6 heteroatoms. The molecule has 1 amide bonds. The van der Waals surface area contributed by atoms with E-state index in [0.717, 1.165) is 17.1 Å². The average molecular weight is 450 g/mol. The van der Waals surface area contributed by atoms with Gasteiger partial charge in [-0.15, -0.1) is 0 Å². The first kappa shape index (κ1) is 20.3. The van der Waals surface area contributed by atoms with Crippen LogP contribution in [0.4, 0.5) is 11.4 Å². The highest BCUT2D eigenvalue weighted by molar-refractivity contribution is 6.11. The Bertz CT molecular complexity index is 1370. The first-order chi connectivity index (χ1) is 16.7. The van der Waals surface area contributed by atoms with Crippen LogP contribution in [0.1, 0.15) is 46.7 Å². The molecule has 2 aromatic heterocycles. The van der Waals surface area contributed by atoms with Gasteiger partial charge in [0.1, 0.15) is 17.6 Å². The first-order valence-corrected chi connectivity index (χ1v) is 11.3. The van der Waals surface area contributed by atoms with Crippen molar-refractivity contribution in [3.05, 3.63) is 120 Å². The Morgan fingerprint density at radius 2 is 1.53 bits per heavy atom. The van der Waals surface area contributed by atoms with Crippen LogP contribution in [0.2, 0.25) is 0 Å². The summed E-state index contributed by atoms with van der Waals surface area (Å²) < 4.78 is 11.5. The van der Waals surface area contributed by atoms with Gasteiger partial charge in [-0.1, -0.05) is 30.3 Å². The molecule has 1 N–H and O–H groups in total. The van der Waals surface area contributed by atoms with Gasteiger partial charge >= 0.3 is 0 Å². The summed E-state index contributed by atoms with van der Waals surface area (Å²) in [7, 11) is 0. The van der Waals surface area contributed by atoms with Crippen molar-refractivity contribution in [1.82, 2.24) is 0 Å². The Hall–Kier alpha value is -4.32. The highest BCUT2D eigenvalue weighted by Crippen LogP contribution is 2.47. The van der Waals surface area contributed by atoms with Crippen molar-refractivity contribution in [2.45, 2.75) is 24.8 Å². The number of fused-ring (bicyclic) bond motifs is 1. The molecule has 0 saturated heterocycles. The van der Waals surface area contributed by atoms with Crippen LogP contribution in [-0.2, 0) is 4.79 Å². The average Bonchev–Trinajstić information content (AvgIpc) is 3.57. The molecular weight excluding hydrogens is 428 g/mol. The predicted molar refractivity (Wildman–Crippen MR) is 127 cm³/mol. The van der Waals surface area contributed by atoms with Crippen molar-refractivity contribution >= 4 is 23.1 Å². The van der Waals surface area contributed by atoms with E-state index in [1.807, 2.05) is 60.7 Å². The van der Waals surface area contributed by atoms with Gasteiger partial charge in [-0.2, -0.15) is 0 Å². The molecule has 1 aliphatic carbocycles. The maximum absolute atomic E-state index is 14.0. The number of para-hydroxylation sites is 2. The Labute approximate surface area is 196 Å². The van der Waals surface area contributed by atoms with E-state index in [1.54, 1.807) is 35.6 Å². The number of furan rings is 2. The second-order valence-electron chi connectivity index (χ2n) is 8.54. The summed E-state index contributed by atoms with van der Waals surface area (Å²) in [6.45, 7) is 0. The van der Waals surface area contributed by atoms with Crippen LogP contribution in [0.15, 0.2) is 111 Å². The highest BCUT2D eigenvalue weighted by atomic mass is 16.3. The van der Waals surface area contributed by atoms with Crippen LogP contribution in [0.3, 0.4) is 0 Å². The number of rotatable bonds is 3. The highest BCUT2D eigenvalue weighted by Gasteiger charge is 2.43. The third-order valence-electron chi connectivity index (χ3n) is 6.49. The topological polar surface area (TPSA) is 75.7 Å². The van der Waals surface area contributed by atoms with Crippen molar-refractivity contribution < 1.29 is 18.4 Å². The van der Waals surface area contributed by atoms with Crippen LogP contribution >= 0.6 is 0 Å². The van der Waals surface area contributed by atoms with E-state index in [9.17, 15) is 9.59 Å². The number of hydrogen-bond acceptors (Lipinski definition) is 5. The summed E-state index contributed by atoms with van der Waals surface area (Å²) in [5, 5.41) is 3.49. The van der Waals surface area contributed by atoms with E-state index in [4.69, 9.17) is 8.83 Å². The van der Waals surface area contributed by atoms with Gasteiger partial charge in [0, 0.05) is 29.2 Å². The molecule has 2 aliphatic rings. The van der Waals surface area contributed by atoms with Crippen LogP contribution in [0, 0.1) is 0 Å². The maximum Gasteiger partial charge on any atom is 0.259 e. The monoisotopic (exact) mass is 450 g/mol. The molecule has 3 heterocycles. The molecule has 6 nitrogen and oxygen atoms in total. The fraction of sp³-hybridized carbons (Fsp3) is 0.143. The molecule has 0 fully saturated rings. The van der Waals surface area contributed by atoms with Crippen molar-refractivity contribution in [2.24, 2.45) is 0 Å². The first-order valence-electron chi connectivity index (χ1n) is 11.3. The van der Waals surface area contributed by atoms with Gasteiger partial charge in [0.05, 0.1) is 23.9 Å². The van der Waals surface area contributed by atoms with Gasteiger partial charge in [0.2, 0.25) is 0 Å². The molecule has 168 valence electrons. The molecule has 0 spiro atoms. The van der Waals surface area contributed by atoms with E-state index in [0.29, 0.717) is 35.4 Å². The number of anilines is 2. The number of carbonyl (C=O) groups is 2. The molecule has 2 atom stereocenters. The Morgan fingerprint density at radius 1 is 0.824 bits per heavy atom. The smallest absolute Gasteiger partial charge is 0.259 e. The fourth-order valence-corrected chi connectivity index (χ4v) is 4.97. The molecule has 2 unspecified atom stereocenters. The molecule has 0 radical (unpaired) electrons. The van der Waals surface area contributed by atoms with Gasteiger partial charge in [0.25, 0.3) is 5.91 Å². The van der Waals surface area contributed by atoms with Gasteiger partial charge in [0.15, 0.2) is 5.78 Å². The van der Waals surface area contributed by atoms with Crippen LogP contribution in [0.5, 0.6) is 0 Å². The van der Waals surface area contributed by atoms with Gasteiger partial charge < -0.3 is 14.2 Å². The lowest BCUT2D eigenvalue weighted by Crippen LogP contribution is -2.38. The lowest BCUT2D eigenvalue weighted by atomic mass is 9.81. The summed E-state index contributed by atoms with van der Waals surface area (Å²) in [6, 6.07) is 23.4. The van der Waals surface area contributed by atoms with Gasteiger partial charge in [-0.3, -0.25) is 14.5 Å². The zero-order valence-corrected chi connectivity index (χ0v) is 18.3. The number of benzene rings is 2. The van der Waals surface area contributed by atoms with Crippen molar-refractivity contribution in [2.75, 3.05) is 10.2 Å². The quantitative estimate of drug-likeness (QED) is 0.409. The molecule has 1 aliphatic heterocycles. The SMILES string of the molecule is O=C1CC(c2ccco2)CC2=C1C(c1ccco1)N(C(=O)c1ccccc1)c1ccccc1N2. The largest absolute Gasteiger partial charge is 0.469 e. The van der Waals surface area contributed by atoms with Crippen LogP contribution in [-0.4, -0.2) is 11.7 Å². The summed E-state index contributed by atoms with van der Waals surface area (Å²) in [5.41, 5.74) is 3.33. The summed E-state index contributed by atoms with van der Waals surface area (Å²) in [4.78, 5) is 29.4. The van der Waals surface area contributed by atoms with Crippen molar-refractivity contribution in [3.63, 3.8) is 0 Å². The van der Waals surface area contributed by atoms with E-state index < -0.39 is 6.04 Å². The molecule has 2 aromatic carbocycles. The number of amides is 1. The standard InChI is InChI=1S/C28H22N2O4/c31-23-17-19(24-12-6-14-33-24)16-21-26(23)27(25-13-7-15-34-25)30(22-11-5-4-10-20(22)29-21)28(32)18-8-2-1-3-9-18/h1-15,19,27,29H,16-17H2. The molecule has 0 saturated carbocycles. The van der Waals surface area contributed by atoms with E-state index >= 15 is 0 Å². The third-order valence-corrected chi connectivity index (χ3v) is 6.49. The minimum absolute atomic E-state index is 0.0322. The van der Waals surface area contributed by atoms with Crippen molar-refractivity contribution in [3.8, 4) is 0 Å². The minimum Gasteiger partial charge on any atom is -0.469 e. The van der Waals surface area contributed by atoms with E-state index in [-0.39, 0.29) is 17.6 Å². The van der Waals surface area contributed by atoms with Crippen LogP contribution in [0.25, 0.3) is 0 Å². The number of allylic oxidation sites excluding steroid dienone is 1. The second kappa shape index (κ2) is 8.23. The molecule has 4 aromatic rings. The number of ketones is 1. The number of carbonyl (C=O) groups excluding carboxylic acids is 2. The summed E-state index contributed by atoms with van der Waals surface area (Å²) >= 11 is 0. The predicted octanol–water partition coefficient (Wildman–Crippen LogP) is 6.09. The summed E-state index contributed by atoms with van der Waals surface area (Å²) in [5.74, 6) is 1.02. The Balaban J connectivity index is 1.56. The van der Waals surface area contributed by atoms with Crippen LogP contribution < -0.4 is 10.2 Å². The second-order valence-corrected chi connectivity index (χ2v) is 8.54. The molecule has 34 heavy (non-hydrogen) atoms. The van der Waals surface area contributed by atoms with E-state index in [1.165, 1.54) is 0 Å². The molecule has 0 bridgehead atoms. The Kier molecular flexibility index (Phi) is 4.91. The zero-order valence-electron chi connectivity index (χ0n) is 18.3. The zero-order chi connectivity index (χ0) is 23.1. The van der Waals surface area contributed by atoms with Crippen molar-refractivity contribution in [1.29, 1.82) is 0 Å². The minimum atomic E-state index is -0.695. The normalized spacial score (nSPS) is 19.8. The third kappa shape index (κ3) is 3.35. The van der Waals surface area contributed by atoms with E-state index in [2.05, 4.69) is 5.32 Å². The lowest BCUT2D eigenvalue weighted by molar-refractivity contribution is -0.116. The van der Waals surface area contributed by atoms with Gasteiger partial charge in [-0.25, -0.2) is 0 Å². The summed E-state index contributed by atoms with van der Waals surface area (Å²) in [6.07, 6.45) is 4.10. The number of Topliss-reactive ketones (excluding diaryl/α,β-unsaturated/α-hetero) is 1. The number of hydrogen-bond donors (Lipinski definition) is 1. The van der Waals surface area contributed by atoms with Gasteiger partial charge in [-0.05, 0) is 55.0 Å². The number of nitrogens with one attached hydrogen (secondary N) is 1. The molecule has 6 rings (SSSR count). The lowest BCUT2D eigenvalue weighted by Gasteiger charge is -2.33. The molecular formula is C28H22N2O4. The Morgan fingerprint density at radius 3 is 2.26 bits per heavy atom. The fourth-order valence-electron chi connectivity index (χ4n) is 4.97.